The van der Waals surface area contributed by atoms with E-state index in [9.17, 15) is 13.6 Å². The molecule has 2 aliphatic rings. The summed E-state index contributed by atoms with van der Waals surface area (Å²) in [6.45, 7) is 8.86. The van der Waals surface area contributed by atoms with Crippen molar-refractivity contribution in [2.24, 2.45) is 11.8 Å². The molecule has 2 atom stereocenters. The molecule has 2 rings (SSSR count). The zero-order valence-corrected chi connectivity index (χ0v) is 12.7. The summed E-state index contributed by atoms with van der Waals surface area (Å²) in [7, 11) is 0. The Hall–Kier alpha value is -0.710. The van der Waals surface area contributed by atoms with E-state index in [2.05, 4.69) is 18.7 Å². The van der Waals surface area contributed by atoms with Crippen LogP contribution in [0.5, 0.6) is 0 Å². The quantitative estimate of drug-likeness (QED) is 0.780. The molecule has 1 saturated heterocycles. The minimum atomic E-state index is -2.68. The number of carbonyl (C=O) groups excluding carboxylic acids is 1. The molecule has 0 radical (unpaired) electrons. The van der Waals surface area contributed by atoms with E-state index in [1.54, 1.807) is 4.90 Å². The third kappa shape index (κ3) is 3.13. The van der Waals surface area contributed by atoms with Gasteiger partial charge in [0.05, 0.1) is 0 Å². The number of piperazine rings is 1. The molecule has 3 nitrogen and oxygen atoms in total. The second-order valence-electron chi connectivity index (χ2n) is 6.50. The summed E-state index contributed by atoms with van der Waals surface area (Å²) in [5.74, 6) is -4.06. The number of nitrogens with zero attached hydrogens (tertiary/aromatic N) is 2. The zero-order valence-electron chi connectivity index (χ0n) is 12.7. The van der Waals surface area contributed by atoms with Gasteiger partial charge in [-0.25, -0.2) is 8.78 Å². The first-order valence-corrected chi connectivity index (χ1v) is 7.73. The van der Waals surface area contributed by atoms with E-state index >= 15 is 0 Å². The summed E-state index contributed by atoms with van der Waals surface area (Å²) in [5.41, 5.74) is 0. The number of carbonyl (C=O) groups is 1. The number of alkyl halides is 2. The van der Waals surface area contributed by atoms with Gasteiger partial charge < -0.3 is 4.90 Å². The summed E-state index contributed by atoms with van der Waals surface area (Å²) in [6, 6.07) is 0.477. The van der Waals surface area contributed by atoms with Crippen molar-refractivity contribution in [3.8, 4) is 0 Å². The fourth-order valence-corrected chi connectivity index (χ4v) is 3.36. The monoisotopic (exact) mass is 288 g/mol. The molecule has 0 unspecified atom stereocenters. The lowest BCUT2D eigenvalue weighted by Crippen LogP contribution is -2.54. The Balaban J connectivity index is 1.95. The van der Waals surface area contributed by atoms with Crippen LogP contribution in [0.1, 0.15) is 40.0 Å². The fraction of sp³-hybridized carbons (Fsp3) is 0.933. The maximum atomic E-state index is 13.8. The van der Waals surface area contributed by atoms with Crippen molar-refractivity contribution in [1.29, 1.82) is 0 Å². The minimum absolute atomic E-state index is 0.0553. The first-order chi connectivity index (χ1) is 9.33. The highest BCUT2D eigenvalue weighted by Crippen LogP contribution is 2.42. The molecule has 0 N–H and O–H groups in total. The van der Waals surface area contributed by atoms with Crippen molar-refractivity contribution in [1.82, 2.24) is 9.80 Å². The Morgan fingerprint density at radius 1 is 1.20 bits per heavy atom. The van der Waals surface area contributed by atoms with Gasteiger partial charge in [-0.15, -0.1) is 0 Å². The second kappa shape index (κ2) is 5.96. The van der Waals surface area contributed by atoms with Crippen LogP contribution in [-0.2, 0) is 4.79 Å². The Kier molecular flexibility index (Phi) is 4.67. The van der Waals surface area contributed by atoms with Gasteiger partial charge in [0, 0.05) is 50.5 Å². The van der Waals surface area contributed by atoms with Crippen LogP contribution in [0.15, 0.2) is 0 Å². The third-order valence-electron chi connectivity index (χ3n) is 4.97. The molecule has 116 valence electrons. The Bertz CT molecular complexity index is 352. The maximum Gasteiger partial charge on any atom is 0.251 e. The molecule has 1 aliphatic heterocycles. The van der Waals surface area contributed by atoms with Gasteiger partial charge >= 0.3 is 0 Å². The first-order valence-electron chi connectivity index (χ1n) is 7.73. The van der Waals surface area contributed by atoms with Gasteiger partial charge in [-0.2, -0.15) is 0 Å². The minimum Gasteiger partial charge on any atom is -0.340 e. The van der Waals surface area contributed by atoms with E-state index in [0.29, 0.717) is 32.0 Å². The molecule has 20 heavy (non-hydrogen) atoms. The van der Waals surface area contributed by atoms with Crippen LogP contribution in [0.2, 0.25) is 0 Å². The van der Waals surface area contributed by atoms with Crippen molar-refractivity contribution in [2.75, 3.05) is 26.2 Å². The zero-order chi connectivity index (χ0) is 14.9. The van der Waals surface area contributed by atoms with Crippen LogP contribution >= 0.6 is 0 Å². The van der Waals surface area contributed by atoms with Gasteiger partial charge in [-0.1, -0.05) is 6.92 Å². The van der Waals surface area contributed by atoms with Gasteiger partial charge in [0.2, 0.25) is 5.91 Å². The molecular weight excluding hydrogens is 262 g/mol. The number of hydrogen-bond acceptors (Lipinski definition) is 2. The molecule has 2 fully saturated rings. The second-order valence-corrected chi connectivity index (χ2v) is 6.50. The lowest BCUT2D eigenvalue weighted by atomic mass is 9.77. The summed E-state index contributed by atoms with van der Waals surface area (Å²) in [6.07, 6.45) is 0.999. The fourth-order valence-electron chi connectivity index (χ4n) is 3.36. The van der Waals surface area contributed by atoms with Gasteiger partial charge in [0.15, 0.2) is 0 Å². The third-order valence-corrected chi connectivity index (χ3v) is 4.97. The molecule has 1 heterocycles. The summed E-state index contributed by atoms with van der Waals surface area (Å²) in [4.78, 5) is 16.6. The van der Waals surface area contributed by atoms with Crippen LogP contribution in [0.4, 0.5) is 8.78 Å². The molecule has 0 aromatic carbocycles. The van der Waals surface area contributed by atoms with Gasteiger partial charge in [-0.3, -0.25) is 9.69 Å². The number of amides is 1. The molecule has 1 amide bonds. The van der Waals surface area contributed by atoms with Gasteiger partial charge in [-0.05, 0) is 26.7 Å². The Labute approximate surface area is 120 Å². The van der Waals surface area contributed by atoms with Crippen LogP contribution in [0.3, 0.4) is 0 Å². The average Bonchev–Trinajstić information content (AvgIpc) is 2.41. The predicted octanol–water partition coefficient (Wildman–Crippen LogP) is 2.61. The van der Waals surface area contributed by atoms with E-state index in [0.717, 1.165) is 13.1 Å². The highest BCUT2D eigenvalue weighted by atomic mass is 19.3. The number of halogens is 2. The lowest BCUT2D eigenvalue weighted by Gasteiger charge is -2.41. The maximum absolute atomic E-state index is 13.8. The lowest BCUT2D eigenvalue weighted by molar-refractivity contribution is -0.154. The molecule has 0 bridgehead atoms. The predicted molar refractivity (Wildman–Crippen MR) is 74.7 cm³/mol. The topological polar surface area (TPSA) is 23.6 Å². The van der Waals surface area contributed by atoms with Crippen molar-refractivity contribution in [3.63, 3.8) is 0 Å². The van der Waals surface area contributed by atoms with Gasteiger partial charge in [0.25, 0.3) is 5.92 Å². The van der Waals surface area contributed by atoms with Crippen LogP contribution in [0.25, 0.3) is 0 Å². The van der Waals surface area contributed by atoms with E-state index in [1.165, 1.54) is 6.92 Å². The van der Waals surface area contributed by atoms with Crippen LogP contribution in [-0.4, -0.2) is 53.9 Å². The Morgan fingerprint density at radius 3 is 2.35 bits per heavy atom. The molecule has 5 heteroatoms. The Morgan fingerprint density at radius 2 is 1.80 bits per heavy atom. The molecule has 0 aromatic heterocycles. The molecular formula is C15H26F2N2O. The average molecular weight is 288 g/mol. The summed E-state index contributed by atoms with van der Waals surface area (Å²) in [5, 5.41) is 0. The summed E-state index contributed by atoms with van der Waals surface area (Å²) >= 11 is 0. The van der Waals surface area contributed by atoms with Crippen molar-refractivity contribution in [3.05, 3.63) is 0 Å². The SMILES string of the molecule is CC(C)N1CCN(C(=O)[C@H]2CCCC(F)(F)[C@@H]2C)CC1. The number of rotatable bonds is 2. The molecule has 1 aliphatic carbocycles. The highest BCUT2D eigenvalue weighted by Gasteiger charge is 2.47. The highest BCUT2D eigenvalue weighted by molar-refractivity contribution is 5.79. The molecule has 1 saturated carbocycles. The standard InChI is InChI=1S/C15H26F2N2O/c1-11(2)18-7-9-19(10-8-18)14(20)13-5-4-6-15(16,17)12(13)3/h11-13H,4-10H2,1-3H3/t12-,13+/m1/s1. The summed E-state index contributed by atoms with van der Waals surface area (Å²) < 4.78 is 27.5. The van der Waals surface area contributed by atoms with E-state index in [1.807, 2.05) is 0 Å². The van der Waals surface area contributed by atoms with Crippen molar-refractivity contribution in [2.45, 2.75) is 52.0 Å². The van der Waals surface area contributed by atoms with Gasteiger partial charge in [0.1, 0.15) is 0 Å². The molecule has 0 spiro atoms. The number of hydrogen-bond donors (Lipinski definition) is 0. The van der Waals surface area contributed by atoms with E-state index < -0.39 is 17.8 Å². The smallest absolute Gasteiger partial charge is 0.251 e. The van der Waals surface area contributed by atoms with Crippen molar-refractivity contribution >= 4 is 5.91 Å². The van der Waals surface area contributed by atoms with Crippen LogP contribution < -0.4 is 0 Å². The van der Waals surface area contributed by atoms with E-state index in [4.69, 9.17) is 0 Å². The normalized spacial score (nSPS) is 31.6. The molecule has 0 aromatic rings. The van der Waals surface area contributed by atoms with E-state index in [-0.39, 0.29) is 12.3 Å². The van der Waals surface area contributed by atoms with Crippen LogP contribution in [0, 0.1) is 11.8 Å². The largest absolute Gasteiger partial charge is 0.340 e. The first kappa shape index (κ1) is 15.7. The van der Waals surface area contributed by atoms with Crippen molar-refractivity contribution < 1.29 is 13.6 Å².